The first kappa shape index (κ1) is 11.0. The maximum Gasteiger partial charge on any atom is 0.275 e. The summed E-state index contributed by atoms with van der Waals surface area (Å²) in [5, 5.41) is 2.66. The van der Waals surface area contributed by atoms with Gasteiger partial charge >= 0.3 is 0 Å². The van der Waals surface area contributed by atoms with Gasteiger partial charge in [0.2, 0.25) is 0 Å². The van der Waals surface area contributed by atoms with Crippen LogP contribution in [0.1, 0.15) is 10.5 Å². The lowest BCUT2D eigenvalue weighted by Crippen LogP contribution is -2.15. The average Bonchev–Trinajstić information content (AvgIpc) is 2.40. The number of carbonyl (C=O) groups excluding carboxylic acids is 1. The number of amides is 1. The molecule has 2 heterocycles. The van der Waals surface area contributed by atoms with Crippen LogP contribution in [-0.2, 0) is 0 Å². The molecule has 2 aromatic heterocycles. The highest BCUT2D eigenvalue weighted by molar-refractivity contribution is 6.02. The van der Waals surface area contributed by atoms with Crippen LogP contribution >= 0.6 is 0 Å². The first-order valence-corrected chi connectivity index (χ1v) is 4.79. The van der Waals surface area contributed by atoms with Gasteiger partial charge in [0.1, 0.15) is 5.69 Å². The molecule has 7 nitrogen and oxygen atoms in total. The van der Waals surface area contributed by atoms with Crippen LogP contribution in [0.5, 0.6) is 0 Å². The standard InChI is InChI=1S/C10H10N6O/c11-16-9-6-13-8(5-14-9)10(17)15-7-1-3-12-4-2-7/h1-6H,11H2,(H,14,16)(H,12,15,17). The average molecular weight is 230 g/mol. The number of nitrogens with zero attached hydrogens (tertiary/aromatic N) is 3. The molecule has 0 saturated heterocycles. The van der Waals surface area contributed by atoms with Gasteiger partial charge in [0, 0.05) is 18.1 Å². The number of aromatic nitrogens is 3. The normalized spacial score (nSPS) is 9.71. The molecule has 0 spiro atoms. The van der Waals surface area contributed by atoms with Crippen molar-refractivity contribution in [1.82, 2.24) is 15.0 Å². The maximum absolute atomic E-state index is 11.7. The molecular formula is C10H10N6O. The van der Waals surface area contributed by atoms with E-state index < -0.39 is 0 Å². The number of nitrogens with one attached hydrogen (secondary N) is 2. The number of carbonyl (C=O) groups is 1. The summed E-state index contributed by atoms with van der Waals surface area (Å²) in [7, 11) is 0. The van der Waals surface area contributed by atoms with Crippen molar-refractivity contribution in [2.24, 2.45) is 5.84 Å². The van der Waals surface area contributed by atoms with Crippen LogP contribution in [0.25, 0.3) is 0 Å². The molecule has 0 aliphatic carbocycles. The van der Waals surface area contributed by atoms with E-state index >= 15 is 0 Å². The minimum Gasteiger partial charge on any atom is -0.320 e. The van der Waals surface area contributed by atoms with Gasteiger partial charge in [-0.25, -0.2) is 15.8 Å². The number of pyridine rings is 1. The second-order valence-electron chi connectivity index (χ2n) is 3.12. The molecule has 86 valence electrons. The number of rotatable bonds is 3. The Morgan fingerprint density at radius 3 is 2.53 bits per heavy atom. The zero-order valence-corrected chi connectivity index (χ0v) is 8.79. The molecule has 0 aliphatic heterocycles. The van der Waals surface area contributed by atoms with Gasteiger partial charge in [0.25, 0.3) is 5.91 Å². The Morgan fingerprint density at radius 1 is 1.18 bits per heavy atom. The molecule has 0 saturated carbocycles. The van der Waals surface area contributed by atoms with Crippen LogP contribution in [0.4, 0.5) is 11.5 Å². The van der Waals surface area contributed by atoms with E-state index in [1.165, 1.54) is 12.4 Å². The lowest BCUT2D eigenvalue weighted by molar-refractivity contribution is 0.102. The molecule has 0 atom stereocenters. The van der Waals surface area contributed by atoms with E-state index in [2.05, 4.69) is 25.7 Å². The van der Waals surface area contributed by atoms with Crippen LogP contribution in [0.2, 0.25) is 0 Å². The summed E-state index contributed by atoms with van der Waals surface area (Å²) in [4.78, 5) is 23.4. The Hall–Kier alpha value is -2.54. The highest BCUT2D eigenvalue weighted by atomic mass is 16.1. The minimum atomic E-state index is -0.340. The van der Waals surface area contributed by atoms with Gasteiger partial charge in [0.15, 0.2) is 5.82 Å². The van der Waals surface area contributed by atoms with E-state index in [9.17, 15) is 4.79 Å². The summed E-state index contributed by atoms with van der Waals surface area (Å²) in [6, 6.07) is 3.36. The monoisotopic (exact) mass is 230 g/mol. The Labute approximate surface area is 97.1 Å². The smallest absolute Gasteiger partial charge is 0.275 e. The second kappa shape index (κ2) is 4.99. The quantitative estimate of drug-likeness (QED) is 0.521. The third kappa shape index (κ3) is 2.73. The van der Waals surface area contributed by atoms with Gasteiger partial charge < -0.3 is 10.7 Å². The largest absolute Gasteiger partial charge is 0.320 e. The Morgan fingerprint density at radius 2 is 1.94 bits per heavy atom. The molecule has 0 radical (unpaired) electrons. The zero-order valence-electron chi connectivity index (χ0n) is 8.79. The van der Waals surface area contributed by atoms with Crippen molar-refractivity contribution in [1.29, 1.82) is 0 Å². The van der Waals surface area contributed by atoms with Crippen molar-refractivity contribution in [3.05, 3.63) is 42.6 Å². The number of nitrogens with two attached hydrogens (primary N) is 1. The van der Waals surface area contributed by atoms with Crippen molar-refractivity contribution in [2.45, 2.75) is 0 Å². The van der Waals surface area contributed by atoms with Crippen LogP contribution in [-0.4, -0.2) is 20.9 Å². The first-order chi connectivity index (χ1) is 8.29. The number of hydrazine groups is 1. The van der Waals surface area contributed by atoms with Gasteiger partial charge in [-0.1, -0.05) is 0 Å². The molecule has 17 heavy (non-hydrogen) atoms. The van der Waals surface area contributed by atoms with Crippen molar-refractivity contribution < 1.29 is 4.79 Å². The summed E-state index contributed by atoms with van der Waals surface area (Å²) in [5.41, 5.74) is 3.18. The topological polar surface area (TPSA) is 106 Å². The highest BCUT2D eigenvalue weighted by Gasteiger charge is 2.07. The van der Waals surface area contributed by atoms with E-state index in [0.717, 1.165) is 0 Å². The summed E-state index contributed by atoms with van der Waals surface area (Å²) in [6.07, 6.45) is 5.89. The fourth-order valence-electron chi connectivity index (χ4n) is 1.15. The third-order valence-electron chi connectivity index (χ3n) is 1.97. The van der Waals surface area contributed by atoms with E-state index in [-0.39, 0.29) is 11.6 Å². The van der Waals surface area contributed by atoms with Crippen molar-refractivity contribution in [2.75, 3.05) is 10.7 Å². The summed E-state index contributed by atoms with van der Waals surface area (Å²) < 4.78 is 0. The summed E-state index contributed by atoms with van der Waals surface area (Å²) in [5.74, 6) is 5.19. The molecule has 0 fully saturated rings. The molecule has 7 heteroatoms. The van der Waals surface area contributed by atoms with Crippen LogP contribution in [0, 0.1) is 0 Å². The molecule has 0 unspecified atom stereocenters. The fraction of sp³-hybridized carbons (Fsp3) is 0. The number of hydrogen-bond acceptors (Lipinski definition) is 6. The van der Waals surface area contributed by atoms with Crippen LogP contribution in [0.3, 0.4) is 0 Å². The van der Waals surface area contributed by atoms with Gasteiger partial charge in [-0.15, -0.1) is 0 Å². The number of hydrogen-bond donors (Lipinski definition) is 3. The lowest BCUT2D eigenvalue weighted by atomic mass is 10.3. The van der Waals surface area contributed by atoms with Crippen molar-refractivity contribution in [3.63, 3.8) is 0 Å². The van der Waals surface area contributed by atoms with Crippen LogP contribution in [0.15, 0.2) is 36.9 Å². The molecule has 1 amide bonds. The van der Waals surface area contributed by atoms with Gasteiger partial charge in [-0.2, -0.15) is 0 Å². The SMILES string of the molecule is NNc1cnc(C(=O)Nc2ccncc2)cn1. The van der Waals surface area contributed by atoms with Crippen molar-refractivity contribution >= 4 is 17.4 Å². The highest BCUT2D eigenvalue weighted by Crippen LogP contribution is 2.06. The third-order valence-corrected chi connectivity index (χ3v) is 1.97. The van der Waals surface area contributed by atoms with E-state index in [1.54, 1.807) is 24.5 Å². The predicted octanol–water partition coefficient (Wildman–Crippen LogP) is 0.409. The van der Waals surface area contributed by atoms with Gasteiger partial charge in [-0.3, -0.25) is 9.78 Å². The first-order valence-electron chi connectivity index (χ1n) is 4.79. The summed E-state index contributed by atoms with van der Waals surface area (Å²) in [6.45, 7) is 0. The van der Waals surface area contributed by atoms with Gasteiger partial charge in [-0.05, 0) is 12.1 Å². The maximum atomic E-state index is 11.7. The molecular weight excluding hydrogens is 220 g/mol. The molecule has 2 aromatic rings. The van der Waals surface area contributed by atoms with E-state index in [0.29, 0.717) is 11.5 Å². The molecule has 4 N–H and O–H groups in total. The molecule has 0 aromatic carbocycles. The number of anilines is 2. The van der Waals surface area contributed by atoms with E-state index in [4.69, 9.17) is 5.84 Å². The fourth-order valence-corrected chi connectivity index (χ4v) is 1.15. The van der Waals surface area contributed by atoms with Crippen molar-refractivity contribution in [3.8, 4) is 0 Å². The zero-order chi connectivity index (χ0) is 12.1. The predicted molar refractivity (Wildman–Crippen MR) is 62.0 cm³/mol. The molecule has 0 bridgehead atoms. The number of nitrogen functional groups attached to an aromatic ring is 1. The molecule has 2 rings (SSSR count). The Balaban J connectivity index is 2.09. The van der Waals surface area contributed by atoms with E-state index in [1.807, 2.05) is 0 Å². The molecule has 0 aliphatic rings. The lowest BCUT2D eigenvalue weighted by Gasteiger charge is -2.04. The summed E-state index contributed by atoms with van der Waals surface area (Å²) >= 11 is 0. The Bertz CT molecular complexity index is 498. The van der Waals surface area contributed by atoms with Crippen LogP contribution < -0.4 is 16.6 Å². The second-order valence-corrected chi connectivity index (χ2v) is 3.12. The van der Waals surface area contributed by atoms with Gasteiger partial charge in [0.05, 0.1) is 12.4 Å². The Kier molecular flexibility index (Phi) is 3.22. The minimum absolute atomic E-state index is 0.209.